The molecule has 0 aliphatic rings. The number of thiophene rings is 1. The number of fused-ring (bicyclic) bond motifs is 2. The van der Waals surface area contributed by atoms with Crippen LogP contribution < -0.4 is 10.6 Å². The second-order valence-electron chi connectivity index (χ2n) is 5.87. The van der Waals surface area contributed by atoms with Gasteiger partial charge in [-0.3, -0.25) is 4.79 Å². The van der Waals surface area contributed by atoms with Crippen LogP contribution in [0.5, 0.6) is 0 Å². The van der Waals surface area contributed by atoms with E-state index < -0.39 is 0 Å². The summed E-state index contributed by atoms with van der Waals surface area (Å²) in [6, 6.07) is 11.7. The summed E-state index contributed by atoms with van der Waals surface area (Å²) in [4.78, 5) is 20.8. The number of nitrogens with zero attached hydrogens (tertiary/aromatic N) is 2. The van der Waals surface area contributed by atoms with Crippen LogP contribution in [0.1, 0.15) is 15.2 Å². The van der Waals surface area contributed by atoms with Crippen molar-refractivity contribution in [3.05, 3.63) is 53.2 Å². The van der Waals surface area contributed by atoms with Gasteiger partial charge in [0.05, 0.1) is 22.7 Å². The van der Waals surface area contributed by atoms with Crippen LogP contribution in [-0.2, 0) is 0 Å². The number of benzene rings is 1. The third kappa shape index (κ3) is 3.21. The molecule has 4 rings (SSSR count). The molecular weight excluding hydrogens is 362 g/mol. The summed E-state index contributed by atoms with van der Waals surface area (Å²) < 4.78 is 0. The topological polar surface area (TPSA) is 114 Å². The molecule has 27 heavy (non-hydrogen) atoms. The second-order valence-corrected chi connectivity index (χ2v) is 6.90. The molecule has 4 N–H and O–H groups in total. The summed E-state index contributed by atoms with van der Waals surface area (Å²) in [6.07, 6.45) is 3.38. The molecule has 0 aliphatic heterocycles. The van der Waals surface area contributed by atoms with Crippen molar-refractivity contribution in [3.8, 4) is 6.07 Å². The molecule has 0 bridgehead atoms. The molecule has 1 aromatic carbocycles. The molecule has 7 nitrogen and oxygen atoms in total. The summed E-state index contributed by atoms with van der Waals surface area (Å²) in [5.41, 5.74) is 2.88. The number of hydrogen-bond acceptors (Lipinski definition) is 6. The largest absolute Gasteiger partial charge is 0.395 e. The number of aromatic nitrogens is 2. The molecule has 0 atom stereocenters. The fourth-order valence-electron chi connectivity index (χ4n) is 2.85. The molecule has 0 saturated carbocycles. The molecule has 1 amide bonds. The van der Waals surface area contributed by atoms with Gasteiger partial charge in [0, 0.05) is 40.9 Å². The first-order valence-corrected chi connectivity index (χ1v) is 9.07. The first-order chi connectivity index (χ1) is 13.2. The maximum atomic E-state index is 12.2. The molecule has 0 saturated heterocycles. The van der Waals surface area contributed by atoms with Gasteiger partial charge in [0.2, 0.25) is 0 Å². The number of amides is 1. The molecule has 3 aromatic heterocycles. The maximum absolute atomic E-state index is 12.2. The first kappa shape index (κ1) is 17.0. The Kier molecular flexibility index (Phi) is 4.46. The van der Waals surface area contributed by atoms with Crippen molar-refractivity contribution in [2.75, 3.05) is 18.5 Å². The van der Waals surface area contributed by atoms with E-state index in [2.05, 4.69) is 26.7 Å². The van der Waals surface area contributed by atoms with Crippen LogP contribution in [0.2, 0.25) is 0 Å². The lowest BCUT2D eigenvalue weighted by molar-refractivity contribution is 0.0949. The van der Waals surface area contributed by atoms with E-state index >= 15 is 0 Å². The van der Waals surface area contributed by atoms with Crippen molar-refractivity contribution in [2.24, 2.45) is 0 Å². The van der Waals surface area contributed by atoms with E-state index in [4.69, 9.17) is 5.11 Å². The summed E-state index contributed by atoms with van der Waals surface area (Å²) in [6.45, 7) is 0.0631. The van der Waals surface area contributed by atoms with Crippen molar-refractivity contribution >= 4 is 49.7 Å². The molecule has 3 heterocycles. The minimum Gasteiger partial charge on any atom is -0.395 e. The van der Waals surface area contributed by atoms with Gasteiger partial charge in [-0.1, -0.05) is 0 Å². The summed E-state index contributed by atoms with van der Waals surface area (Å²) in [5.74, 6) is -0.273. The summed E-state index contributed by atoms with van der Waals surface area (Å²) in [7, 11) is 0. The van der Waals surface area contributed by atoms with Gasteiger partial charge < -0.3 is 20.7 Å². The monoisotopic (exact) mass is 377 g/mol. The Balaban J connectivity index is 1.76. The van der Waals surface area contributed by atoms with E-state index in [9.17, 15) is 10.1 Å². The van der Waals surface area contributed by atoms with Gasteiger partial charge in [0.15, 0.2) is 0 Å². The molecule has 0 fully saturated rings. The van der Waals surface area contributed by atoms with Crippen molar-refractivity contribution in [3.63, 3.8) is 0 Å². The van der Waals surface area contributed by atoms with Crippen molar-refractivity contribution in [1.82, 2.24) is 15.3 Å². The Morgan fingerprint density at radius 1 is 1.33 bits per heavy atom. The SMILES string of the molecule is N#Cc1cnc2sc(C(=O)NCCO)cc2c1Nc1ccc2[nH]ccc2c1. The average molecular weight is 377 g/mol. The van der Waals surface area contributed by atoms with Gasteiger partial charge in [-0.2, -0.15) is 5.26 Å². The van der Waals surface area contributed by atoms with Gasteiger partial charge in [0.1, 0.15) is 10.9 Å². The van der Waals surface area contributed by atoms with Crippen LogP contribution in [0.25, 0.3) is 21.1 Å². The number of pyridine rings is 1. The lowest BCUT2D eigenvalue weighted by atomic mass is 10.1. The number of aliphatic hydroxyl groups is 1. The zero-order chi connectivity index (χ0) is 18.8. The van der Waals surface area contributed by atoms with Crippen LogP contribution in [0, 0.1) is 11.3 Å². The second kappa shape index (κ2) is 7.07. The number of carbonyl (C=O) groups excluding carboxylic acids is 1. The van der Waals surface area contributed by atoms with Gasteiger partial charge in [-0.05, 0) is 30.3 Å². The smallest absolute Gasteiger partial charge is 0.261 e. The highest BCUT2D eigenvalue weighted by molar-refractivity contribution is 7.20. The Morgan fingerprint density at radius 2 is 2.22 bits per heavy atom. The highest BCUT2D eigenvalue weighted by Gasteiger charge is 2.16. The summed E-state index contributed by atoms with van der Waals surface area (Å²) >= 11 is 1.24. The third-order valence-corrected chi connectivity index (χ3v) is 5.17. The zero-order valence-corrected chi connectivity index (χ0v) is 14.9. The number of aromatic amines is 1. The normalized spacial score (nSPS) is 10.8. The van der Waals surface area contributed by atoms with Gasteiger partial charge >= 0.3 is 0 Å². The van der Waals surface area contributed by atoms with Crippen molar-refractivity contribution in [1.29, 1.82) is 5.26 Å². The van der Waals surface area contributed by atoms with Crippen molar-refractivity contribution in [2.45, 2.75) is 0 Å². The van der Waals surface area contributed by atoms with Crippen LogP contribution in [0.15, 0.2) is 42.7 Å². The molecular formula is C19H15N5O2S. The fourth-order valence-corrected chi connectivity index (χ4v) is 3.78. The van der Waals surface area contributed by atoms with E-state index in [1.165, 1.54) is 17.5 Å². The maximum Gasteiger partial charge on any atom is 0.261 e. The number of nitriles is 1. The third-order valence-electron chi connectivity index (χ3n) is 4.13. The number of aliphatic hydroxyl groups excluding tert-OH is 1. The molecule has 8 heteroatoms. The molecule has 0 unspecified atom stereocenters. The quantitative estimate of drug-likeness (QED) is 0.427. The highest BCUT2D eigenvalue weighted by atomic mass is 32.1. The van der Waals surface area contributed by atoms with Gasteiger partial charge in [0.25, 0.3) is 5.91 Å². The minimum atomic E-state index is -0.273. The van der Waals surface area contributed by atoms with Crippen LogP contribution in [0.3, 0.4) is 0 Å². The molecule has 0 spiro atoms. The Labute approximate surface area is 158 Å². The number of anilines is 2. The van der Waals surface area contributed by atoms with E-state index in [1.807, 2.05) is 30.5 Å². The molecule has 0 aliphatic carbocycles. The zero-order valence-electron chi connectivity index (χ0n) is 14.1. The number of hydrogen-bond donors (Lipinski definition) is 4. The van der Waals surface area contributed by atoms with Gasteiger partial charge in [-0.25, -0.2) is 4.98 Å². The number of nitrogens with one attached hydrogen (secondary N) is 3. The standard InChI is InChI=1S/C19H15N5O2S/c20-9-12-10-23-19-14(8-16(27-19)18(26)22-5-6-25)17(12)24-13-1-2-15-11(7-13)3-4-21-15/h1-4,7-8,10,21,25H,5-6H2,(H,22,26)(H,23,24). The van der Waals surface area contributed by atoms with E-state index in [0.29, 0.717) is 26.3 Å². The predicted octanol–water partition coefficient (Wildman–Crippen LogP) is 3.11. The predicted molar refractivity (Wildman–Crippen MR) is 105 cm³/mol. The number of H-pyrrole nitrogens is 1. The minimum absolute atomic E-state index is 0.123. The van der Waals surface area contributed by atoms with Crippen molar-refractivity contribution < 1.29 is 9.90 Å². The van der Waals surface area contributed by atoms with Crippen LogP contribution >= 0.6 is 11.3 Å². The van der Waals surface area contributed by atoms with E-state index in [0.717, 1.165) is 16.6 Å². The lowest BCUT2D eigenvalue weighted by Gasteiger charge is -2.09. The molecule has 134 valence electrons. The first-order valence-electron chi connectivity index (χ1n) is 8.25. The van der Waals surface area contributed by atoms with Crippen LogP contribution in [-0.4, -0.2) is 34.1 Å². The molecule has 0 radical (unpaired) electrons. The van der Waals surface area contributed by atoms with Gasteiger partial charge in [-0.15, -0.1) is 11.3 Å². The Bertz CT molecular complexity index is 1190. The number of carbonyl (C=O) groups is 1. The lowest BCUT2D eigenvalue weighted by Crippen LogP contribution is -2.25. The fraction of sp³-hybridized carbons (Fsp3) is 0.105. The molecule has 4 aromatic rings. The van der Waals surface area contributed by atoms with Crippen LogP contribution in [0.4, 0.5) is 11.4 Å². The Morgan fingerprint density at radius 3 is 3.04 bits per heavy atom. The van der Waals surface area contributed by atoms with E-state index in [1.54, 1.807) is 6.07 Å². The highest BCUT2D eigenvalue weighted by Crippen LogP contribution is 2.34. The van der Waals surface area contributed by atoms with E-state index in [-0.39, 0.29) is 19.1 Å². The summed E-state index contributed by atoms with van der Waals surface area (Å²) in [5, 5.41) is 26.1. The number of rotatable bonds is 5. The average Bonchev–Trinajstić information content (AvgIpc) is 3.32. The Hall–Kier alpha value is -3.41.